The van der Waals surface area contributed by atoms with Gasteiger partial charge in [-0.25, -0.2) is 0 Å². The van der Waals surface area contributed by atoms with Gasteiger partial charge < -0.3 is 14.6 Å². The van der Waals surface area contributed by atoms with Crippen LogP contribution < -0.4 is 34.7 Å². The van der Waals surface area contributed by atoms with Crippen LogP contribution in [0.4, 0.5) is 0 Å². The third-order valence-electron chi connectivity index (χ3n) is 3.10. The van der Waals surface area contributed by atoms with Crippen molar-refractivity contribution in [3.8, 4) is 0 Å². The molecule has 3 nitrogen and oxygen atoms in total. The number of aliphatic carboxylic acids is 1. The van der Waals surface area contributed by atoms with Gasteiger partial charge in [0, 0.05) is 7.11 Å². The van der Waals surface area contributed by atoms with Crippen molar-refractivity contribution >= 4 is 16.7 Å². The van der Waals surface area contributed by atoms with Gasteiger partial charge in [-0.1, -0.05) is 42.5 Å². The fourth-order valence-electron chi connectivity index (χ4n) is 1.94. The summed E-state index contributed by atoms with van der Waals surface area (Å²) in [5.41, 5.74) is -0.820. The molecule has 88 valence electrons. The van der Waals surface area contributed by atoms with Crippen LogP contribution in [-0.4, -0.2) is 13.1 Å². The second-order valence-electron chi connectivity index (χ2n) is 4.05. The van der Waals surface area contributed by atoms with Gasteiger partial charge in [-0.15, -0.1) is 0 Å². The predicted molar refractivity (Wildman–Crippen MR) is 63.3 cm³/mol. The van der Waals surface area contributed by atoms with E-state index in [0.717, 1.165) is 10.8 Å². The molecule has 0 spiro atoms. The molecule has 0 N–H and O–H groups in total. The van der Waals surface area contributed by atoms with Crippen LogP contribution in [0.25, 0.3) is 10.8 Å². The van der Waals surface area contributed by atoms with Gasteiger partial charge in [0.1, 0.15) is 5.60 Å². The molecule has 0 saturated heterocycles. The normalized spacial score (nSPS) is 13.7. The molecule has 18 heavy (non-hydrogen) atoms. The average molecular weight is 252 g/mol. The van der Waals surface area contributed by atoms with Gasteiger partial charge in [-0.3, -0.25) is 0 Å². The molecule has 1 atom stereocenters. The minimum atomic E-state index is -1.43. The molecule has 0 amide bonds. The van der Waals surface area contributed by atoms with Gasteiger partial charge in [0.2, 0.25) is 0 Å². The summed E-state index contributed by atoms with van der Waals surface area (Å²) in [4.78, 5) is 11.3. The standard InChI is InChI=1S/C14H14O3.Na/c1-14(17-2,13(15)16)12-9-5-7-10-6-3-4-8-11(10)12;/h3-9H,1-2H3,(H,15,16);/q;+1/p-1. The summed E-state index contributed by atoms with van der Waals surface area (Å²) in [6.45, 7) is 1.50. The molecule has 0 aliphatic carbocycles. The Bertz CT molecular complexity index is 562. The Labute approximate surface area is 128 Å². The molecule has 0 heterocycles. The molecule has 0 aromatic heterocycles. The molecule has 2 rings (SSSR count). The van der Waals surface area contributed by atoms with Crippen molar-refractivity contribution in [3.05, 3.63) is 48.0 Å². The number of fused-ring (bicyclic) bond motifs is 1. The summed E-state index contributed by atoms with van der Waals surface area (Å²) >= 11 is 0. The van der Waals surface area contributed by atoms with E-state index in [0.29, 0.717) is 5.56 Å². The largest absolute Gasteiger partial charge is 1.00 e. The Morgan fingerprint density at radius 3 is 2.39 bits per heavy atom. The fourth-order valence-corrected chi connectivity index (χ4v) is 1.94. The van der Waals surface area contributed by atoms with Crippen LogP contribution in [-0.2, 0) is 15.1 Å². The van der Waals surface area contributed by atoms with Crippen molar-refractivity contribution < 1.29 is 44.2 Å². The maximum absolute atomic E-state index is 11.3. The predicted octanol–water partition coefficient (Wildman–Crippen LogP) is -1.54. The minimum Gasteiger partial charge on any atom is -0.547 e. The number of carbonyl (C=O) groups is 1. The molecule has 0 aliphatic rings. The van der Waals surface area contributed by atoms with E-state index in [-0.39, 0.29) is 29.6 Å². The molecule has 0 bridgehead atoms. The first-order valence-corrected chi connectivity index (χ1v) is 5.34. The van der Waals surface area contributed by atoms with Crippen LogP contribution in [0.3, 0.4) is 0 Å². The minimum absolute atomic E-state index is 0. The zero-order valence-corrected chi connectivity index (χ0v) is 12.8. The fraction of sp³-hybridized carbons (Fsp3) is 0.214. The third kappa shape index (κ3) is 2.45. The second-order valence-corrected chi connectivity index (χ2v) is 4.05. The van der Waals surface area contributed by atoms with Crippen molar-refractivity contribution in [1.29, 1.82) is 0 Å². The van der Waals surface area contributed by atoms with Gasteiger partial charge >= 0.3 is 29.6 Å². The molecular formula is C14H13NaO3. The average Bonchev–Trinajstić information content (AvgIpc) is 2.37. The van der Waals surface area contributed by atoms with Crippen LogP contribution in [0, 0.1) is 0 Å². The monoisotopic (exact) mass is 252 g/mol. The molecule has 0 aliphatic heterocycles. The number of hydrogen-bond acceptors (Lipinski definition) is 3. The summed E-state index contributed by atoms with van der Waals surface area (Å²) in [5, 5.41) is 13.1. The van der Waals surface area contributed by atoms with Crippen LogP contribution in [0.1, 0.15) is 12.5 Å². The van der Waals surface area contributed by atoms with Gasteiger partial charge in [0.25, 0.3) is 0 Å². The Kier molecular flexibility index (Phi) is 4.93. The number of carboxylic acids is 1. The Balaban J connectivity index is 0.00000162. The van der Waals surface area contributed by atoms with Crippen LogP contribution >= 0.6 is 0 Å². The van der Waals surface area contributed by atoms with Crippen molar-refractivity contribution in [2.45, 2.75) is 12.5 Å². The Morgan fingerprint density at radius 1 is 1.17 bits per heavy atom. The van der Waals surface area contributed by atoms with Crippen LogP contribution in [0.5, 0.6) is 0 Å². The molecule has 2 aromatic carbocycles. The first-order valence-electron chi connectivity index (χ1n) is 5.34. The quantitative estimate of drug-likeness (QED) is 0.622. The van der Waals surface area contributed by atoms with Gasteiger partial charge in [0.05, 0.1) is 5.97 Å². The number of ether oxygens (including phenoxy) is 1. The summed E-state index contributed by atoms with van der Waals surface area (Å²) in [6, 6.07) is 13.1. The number of carboxylic acid groups (broad SMARTS) is 1. The van der Waals surface area contributed by atoms with Gasteiger partial charge in [-0.2, -0.15) is 0 Å². The van der Waals surface area contributed by atoms with Gasteiger partial charge in [0.15, 0.2) is 0 Å². The van der Waals surface area contributed by atoms with Crippen molar-refractivity contribution in [3.63, 3.8) is 0 Å². The van der Waals surface area contributed by atoms with Crippen molar-refractivity contribution in [2.24, 2.45) is 0 Å². The smallest absolute Gasteiger partial charge is 0.547 e. The van der Waals surface area contributed by atoms with Crippen molar-refractivity contribution in [1.82, 2.24) is 0 Å². The summed E-state index contributed by atoms with van der Waals surface area (Å²) in [7, 11) is 1.37. The number of rotatable bonds is 3. The van der Waals surface area contributed by atoms with E-state index in [1.54, 1.807) is 6.07 Å². The van der Waals surface area contributed by atoms with E-state index >= 15 is 0 Å². The maximum atomic E-state index is 11.3. The third-order valence-corrected chi connectivity index (χ3v) is 3.10. The molecule has 0 saturated carbocycles. The van der Waals surface area contributed by atoms with Crippen LogP contribution in [0.2, 0.25) is 0 Å². The Morgan fingerprint density at radius 2 is 1.78 bits per heavy atom. The van der Waals surface area contributed by atoms with E-state index in [2.05, 4.69) is 0 Å². The summed E-state index contributed by atoms with van der Waals surface area (Å²) in [6.07, 6.45) is 0. The zero-order chi connectivity index (χ0) is 12.5. The SMILES string of the molecule is COC(C)(C(=O)[O-])c1cccc2ccccc12.[Na+]. The van der Waals surface area contributed by atoms with E-state index in [4.69, 9.17) is 4.74 Å². The zero-order valence-electron chi connectivity index (χ0n) is 10.8. The number of benzene rings is 2. The van der Waals surface area contributed by atoms with E-state index in [1.807, 2.05) is 36.4 Å². The maximum Gasteiger partial charge on any atom is 1.00 e. The Hall–Kier alpha value is -0.870. The van der Waals surface area contributed by atoms with E-state index < -0.39 is 11.6 Å². The molecular weight excluding hydrogens is 239 g/mol. The number of methoxy groups -OCH3 is 1. The number of carbonyl (C=O) groups excluding carboxylic acids is 1. The van der Waals surface area contributed by atoms with E-state index in [1.165, 1.54) is 14.0 Å². The van der Waals surface area contributed by atoms with E-state index in [9.17, 15) is 9.90 Å². The summed E-state index contributed by atoms with van der Waals surface area (Å²) < 4.78 is 5.13. The van der Waals surface area contributed by atoms with Gasteiger partial charge in [-0.05, 0) is 23.3 Å². The molecule has 4 heteroatoms. The summed E-state index contributed by atoms with van der Waals surface area (Å²) in [5.74, 6) is -1.24. The molecule has 0 fully saturated rings. The first kappa shape index (κ1) is 15.2. The van der Waals surface area contributed by atoms with Crippen LogP contribution in [0.15, 0.2) is 42.5 Å². The molecule has 0 radical (unpaired) electrons. The van der Waals surface area contributed by atoms with Crippen molar-refractivity contribution in [2.75, 3.05) is 7.11 Å². The second kappa shape index (κ2) is 5.85. The topological polar surface area (TPSA) is 49.4 Å². The number of hydrogen-bond donors (Lipinski definition) is 0. The molecule has 1 unspecified atom stereocenters. The first-order chi connectivity index (χ1) is 8.09. The molecule has 2 aromatic rings.